The lowest BCUT2D eigenvalue weighted by atomic mass is 10.2. The van der Waals surface area contributed by atoms with Gasteiger partial charge in [0, 0.05) is 5.38 Å². The Labute approximate surface area is 146 Å². The zero-order valence-corrected chi connectivity index (χ0v) is 14.2. The molecule has 0 fully saturated rings. The van der Waals surface area contributed by atoms with Crippen LogP contribution in [-0.4, -0.2) is 23.4 Å². The molecule has 5 nitrogen and oxygen atoms in total. The maximum Gasteiger partial charge on any atom is 0.325 e. The van der Waals surface area contributed by atoms with E-state index in [-0.39, 0.29) is 19.1 Å². The van der Waals surface area contributed by atoms with Gasteiger partial charge in [0.2, 0.25) is 0 Å². The van der Waals surface area contributed by atoms with Gasteiger partial charge >= 0.3 is 5.97 Å². The topological polar surface area (TPSA) is 68.3 Å². The van der Waals surface area contributed by atoms with Gasteiger partial charge in [0.15, 0.2) is 0 Å². The van der Waals surface area contributed by atoms with Crippen LogP contribution in [0.5, 0.6) is 0 Å². The van der Waals surface area contributed by atoms with Crippen LogP contribution in [0.4, 0.5) is 0 Å². The van der Waals surface area contributed by atoms with Crippen molar-refractivity contribution in [3.8, 4) is 9.88 Å². The highest BCUT2D eigenvalue weighted by Crippen LogP contribution is 2.27. The van der Waals surface area contributed by atoms with Crippen LogP contribution in [0.15, 0.2) is 53.2 Å². The van der Waals surface area contributed by atoms with Gasteiger partial charge in [-0.2, -0.15) is 0 Å². The Morgan fingerprint density at radius 2 is 1.92 bits per heavy atom. The molecule has 2 aromatic heterocycles. The van der Waals surface area contributed by atoms with Crippen LogP contribution in [0.2, 0.25) is 0 Å². The van der Waals surface area contributed by atoms with Crippen molar-refractivity contribution in [3.63, 3.8) is 0 Å². The molecule has 0 aliphatic rings. The van der Waals surface area contributed by atoms with Gasteiger partial charge < -0.3 is 10.1 Å². The summed E-state index contributed by atoms with van der Waals surface area (Å²) in [6.45, 7) is 0.00625. The van der Waals surface area contributed by atoms with Crippen LogP contribution < -0.4 is 5.32 Å². The van der Waals surface area contributed by atoms with Gasteiger partial charge in [-0.15, -0.1) is 22.7 Å². The number of hydrogen-bond donors (Lipinski definition) is 1. The fourth-order valence-electron chi connectivity index (χ4n) is 1.92. The van der Waals surface area contributed by atoms with E-state index in [4.69, 9.17) is 4.74 Å². The van der Waals surface area contributed by atoms with E-state index in [1.807, 2.05) is 47.8 Å². The van der Waals surface area contributed by atoms with E-state index in [1.165, 1.54) is 11.3 Å². The summed E-state index contributed by atoms with van der Waals surface area (Å²) < 4.78 is 5.11. The minimum atomic E-state index is -0.485. The molecule has 1 aromatic carbocycles. The predicted octanol–water partition coefficient (Wildman–Crippen LogP) is 3.34. The minimum absolute atomic E-state index is 0.183. The van der Waals surface area contributed by atoms with E-state index in [1.54, 1.807) is 16.7 Å². The smallest absolute Gasteiger partial charge is 0.325 e. The van der Waals surface area contributed by atoms with E-state index < -0.39 is 5.97 Å². The van der Waals surface area contributed by atoms with Crippen molar-refractivity contribution in [2.24, 2.45) is 0 Å². The number of benzene rings is 1. The van der Waals surface area contributed by atoms with Crippen molar-refractivity contribution in [1.29, 1.82) is 0 Å². The van der Waals surface area contributed by atoms with Crippen LogP contribution in [0, 0.1) is 0 Å². The molecule has 0 aliphatic heterocycles. The van der Waals surface area contributed by atoms with Gasteiger partial charge in [-0.05, 0) is 17.0 Å². The summed E-state index contributed by atoms with van der Waals surface area (Å²) in [4.78, 5) is 29.0. The molecule has 24 heavy (non-hydrogen) atoms. The SMILES string of the molecule is O=C(CNC(=O)c1csc(-c2cccs2)n1)OCc1ccccc1. The first-order valence-corrected chi connectivity index (χ1v) is 8.95. The lowest BCUT2D eigenvalue weighted by Crippen LogP contribution is -2.30. The number of carbonyl (C=O) groups excluding carboxylic acids is 2. The number of nitrogens with one attached hydrogen (secondary N) is 1. The third kappa shape index (κ3) is 4.27. The highest BCUT2D eigenvalue weighted by molar-refractivity contribution is 7.20. The Bertz CT molecular complexity index is 814. The van der Waals surface area contributed by atoms with Crippen molar-refractivity contribution in [2.45, 2.75) is 6.61 Å². The molecule has 0 bridgehead atoms. The Kier molecular flexibility index (Phi) is 5.35. The molecule has 0 saturated heterocycles. The van der Waals surface area contributed by atoms with Gasteiger partial charge in [0.1, 0.15) is 23.9 Å². The molecule has 0 atom stereocenters. The average molecular weight is 358 g/mol. The van der Waals surface area contributed by atoms with Crippen LogP contribution >= 0.6 is 22.7 Å². The maximum absolute atomic E-state index is 12.0. The monoisotopic (exact) mass is 358 g/mol. The highest BCUT2D eigenvalue weighted by atomic mass is 32.1. The predicted molar refractivity (Wildman–Crippen MR) is 94.0 cm³/mol. The molecule has 1 N–H and O–H groups in total. The number of thiazole rings is 1. The van der Waals surface area contributed by atoms with E-state index >= 15 is 0 Å². The largest absolute Gasteiger partial charge is 0.460 e. The Morgan fingerprint density at radius 1 is 1.08 bits per heavy atom. The molecule has 7 heteroatoms. The van der Waals surface area contributed by atoms with E-state index in [0.29, 0.717) is 5.69 Å². The number of nitrogens with zero attached hydrogens (tertiary/aromatic N) is 1. The number of amides is 1. The average Bonchev–Trinajstić information content (AvgIpc) is 3.29. The van der Waals surface area contributed by atoms with Crippen molar-refractivity contribution >= 4 is 34.6 Å². The normalized spacial score (nSPS) is 10.3. The van der Waals surface area contributed by atoms with Gasteiger partial charge in [0.25, 0.3) is 5.91 Å². The molecular weight excluding hydrogens is 344 g/mol. The van der Waals surface area contributed by atoms with Crippen molar-refractivity contribution in [3.05, 3.63) is 64.5 Å². The maximum atomic E-state index is 12.0. The molecule has 122 valence electrons. The first-order valence-electron chi connectivity index (χ1n) is 7.19. The number of rotatable bonds is 6. The van der Waals surface area contributed by atoms with E-state index in [2.05, 4.69) is 10.3 Å². The molecule has 2 heterocycles. The second-order valence-electron chi connectivity index (χ2n) is 4.84. The zero-order chi connectivity index (χ0) is 16.8. The fraction of sp³-hybridized carbons (Fsp3) is 0.118. The van der Waals surface area contributed by atoms with Gasteiger partial charge in [-0.25, -0.2) is 4.98 Å². The third-order valence-electron chi connectivity index (χ3n) is 3.10. The lowest BCUT2D eigenvalue weighted by Gasteiger charge is -2.05. The van der Waals surface area contributed by atoms with E-state index in [0.717, 1.165) is 15.4 Å². The molecule has 0 saturated carbocycles. The van der Waals surface area contributed by atoms with Gasteiger partial charge in [-0.3, -0.25) is 9.59 Å². The molecule has 0 spiro atoms. The molecule has 1 amide bonds. The highest BCUT2D eigenvalue weighted by Gasteiger charge is 2.13. The summed E-state index contributed by atoms with van der Waals surface area (Å²) in [6.07, 6.45) is 0. The van der Waals surface area contributed by atoms with Crippen LogP contribution in [0.25, 0.3) is 9.88 Å². The fourth-order valence-corrected chi connectivity index (χ4v) is 3.54. The molecule has 3 aromatic rings. The minimum Gasteiger partial charge on any atom is -0.460 e. The summed E-state index contributed by atoms with van der Waals surface area (Å²) in [5.74, 6) is -0.869. The number of esters is 1. The summed E-state index contributed by atoms with van der Waals surface area (Å²) >= 11 is 2.97. The molecule has 3 rings (SSSR count). The van der Waals surface area contributed by atoms with Crippen LogP contribution in [0.1, 0.15) is 16.1 Å². The Hall–Kier alpha value is -2.51. The lowest BCUT2D eigenvalue weighted by molar-refractivity contribution is -0.143. The molecule has 0 aliphatic carbocycles. The molecule has 0 unspecified atom stereocenters. The quantitative estimate of drug-likeness (QED) is 0.686. The summed E-state index contributed by atoms with van der Waals surface area (Å²) in [5, 5.41) is 6.96. The third-order valence-corrected chi connectivity index (χ3v) is 4.99. The second-order valence-corrected chi connectivity index (χ2v) is 6.65. The Morgan fingerprint density at radius 3 is 2.67 bits per heavy atom. The number of thiophene rings is 1. The number of ether oxygens (including phenoxy) is 1. The number of carbonyl (C=O) groups is 2. The zero-order valence-electron chi connectivity index (χ0n) is 12.6. The van der Waals surface area contributed by atoms with Crippen molar-refractivity contribution in [1.82, 2.24) is 10.3 Å². The van der Waals surface area contributed by atoms with Crippen LogP contribution in [-0.2, 0) is 16.1 Å². The summed E-state index contributed by atoms with van der Waals surface area (Å²) in [6, 6.07) is 13.3. The molecule has 0 radical (unpaired) electrons. The van der Waals surface area contributed by atoms with Crippen molar-refractivity contribution in [2.75, 3.05) is 6.54 Å². The standard InChI is InChI=1S/C17H14N2O3S2/c20-15(22-10-12-5-2-1-3-6-12)9-18-16(21)13-11-24-17(19-13)14-7-4-8-23-14/h1-8,11H,9-10H2,(H,18,21). The van der Waals surface area contributed by atoms with E-state index in [9.17, 15) is 9.59 Å². The first-order chi connectivity index (χ1) is 11.7. The van der Waals surface area contributed by atoms with Crippen molar-refractivity contribution < 1.29 is 14.3 Å². The summed E-state index contributed by atoms with van der Waals surface area (Å²) in [5.41, 5.74) is 1.21. The number of aromatic nitrogens is 1. The number of hydrogen-bond acceptors (Lipinski definition) is 6. The van der Waals surface area contributed by atoms with Gasteiger partial charge in [-0.1, -0.05) is 36.4 Å². The second kappa shape index (κ2) is 7.85. The van der Waals surface area contributed by atoms with Gasteiger partial charge in [0.05, 0.1) is 4.88 Å². The Balaban J connectivity index is 1.47. The first kappa shape index (κ1) is 16.4. The summed E-state index contributed by atoms with van der Waals surface area (Å²) in [7, 11) is 0. The van der Waals surface area contributed by atoms with Crippen LogP contribution in [0.3, 0.4) is 0 Å². The molecular formula is C17H14N2O3S2.